The summed E-state index contributed by atoms with van der Waals surface area (Å²) in [6.45, 7) is 3.52. The molecule has 5 heteroatoms. The van der Waals surface area contributed by atoms with E-state index in [9.17, 15) is 4.79 Å². The minimum Gasteiger partial charge on any atom is -0.373 e. The zero-order chi connectivity index (χ0) is 12.7. The Labute approximate surface area is 111 Å². The first-order chi connectivity index (χ1) is 8.63. The third-order valence-electron chi connectivity index (χ3n) is 3.64. The van der Waals surface area contributed by atoms with E-state index in [4.69, 9.17) is 16.3 Å². The Kier molecular flexibility index (Phi) is 2.99. The second-order valence-electron chi connectivity index (χ2n) is 5.04. The van der Waals surface area contributed by atoms with Crippen LogP contribution in [-0.4, -0.2) is 41.1 Å². The number of ether oxygens (including phenoxy) is 1. The second-order valence-corrected chi connectivity index (χ2v) is 5.42. The quantitative estimate of drug-likeness (QED) is 0.730. The summed E-state index contributed by atoms with van der Waals surface area (Å²) in [4.78, 5) is 18.1. The first kappa shape index (κ1) is 11.9. The van der Waals surface area contributed by atoms with E-state index in [1.807, 2.05) is 4.90 Å². The number of aromatic nitrogens is 1. The van der Waals surface area contributed by atoms with Crippen LogP contribution in [0, 0.1) is 5.92 Å². The van der Waals surface area contributed by atoms with Crippen molar-refractivity contribution in [3.8, 4) is 0 Å². The topological polar surface area (TPSA) is 42.4 Å². The zero-order valence-corrected chi connectivity index (χ0v) is 10.9. The molecule has 2 aliphatic heterocycles. The van der Waals surface area contributed by atoms with E-state index in [2.05, 4.69) is 11.9 Å². The number of fused-ring (bicyclic) bond motifs is 1. The lowest BCUT2D eigenvalue weighted by Gasteiger charge is -2.17. The van der Waals surface area contributed by atoms with Crippen LogP contribution in [0.1, 0.15) is 23.8 Å². The molecule has 0 saturated carbocycles. The smallest absolute Gasteiger partial charge is 0.272 e. The van der Waals surface area contributed by atoms with Gasteiger partial charge in [0.2, 0.25) is 0 Å². The molecule has 3 heterocycles. The van der Waals surface area contributed by atoms with Crippen LogP contribution in [-0.2, 0) is 4.74 Å². The molecule has 2 fully saturated rings. The van der Waals surface area contributed by atoms with E-state index in [1.54, 1.807) is 18.2 Å². The van der Waals surface area contributed by atoms with Crippen molar-refractivity contribution in [3.63, 3.8) is 0 Å². The van der Waals surface area contributed by atoms with Gasteiger partial charge in [-0.2, -0.15) is 0 Å². The molecule has 0 N–H and O–H groups in total. The van der Waals surface area contributed by atoms with Crippen molar-refractivity contribution in [2.75, 3.05) is 13.1 Å². The van der Waals surface area contributed by atoms with Crippen LogP contribution in [0.3, 0.4) is 0 Å². The minimum absolute atomic E-state index is 0.0526. The van der Waals surface area contributed by atoms with E-state index in [0.29, 0.717) is 29.4 Å². The standard InChI is InChI=1S/C13H15ClN2O2/c1-8-5-9-6-16(7-11(9)18-8)13(17)10-3-2-4-12(14)15-10/h2-4,8-9,11H,5-7H2,1H3/t8-,9+,11-/m0/s1. The Morgan fingerprint density at radius 2 is 2.33 bits per heavy atom. The molecule has 1 aromatic rings. The maximum atomic E-state index is 12.3. The first-order valence-corrected chi connectivity index (χ1v) is 6.58. The highest BCUT2D eigenvalue weighted by molar-refractivity contribution is 6.29. The average Bonchev–Trinajstić information content (AvgIpc) is 2.85. The molecule has 96 valence electrons. The third kappa shape index (κ3) is 2.10. The van der Waals surface area contributed by atoms with Crippen molar-refractivity contribution < 1.29 is 9.53 Å². The molecule has 4 nitrogen and oxygen atoms in total. The van der Waals surface area contributed by atoms with Crippen molar-refractivity contribution in [1.82, 2.24) is 9.88 Å². The number of nitrogens with zero attached hydrogens (tertiary/aromatic N) is 2. The van der Waals surface area contributed by atoms with Gasteiger partial charge in [0.25, 0.3) is 5.91 Å². The van der Waals surface area contributed by atoms with Crippen molar-refractivity contribution in [3.05, 3.63) is 29.0 Å². The SMILES string of the molecule is C[C@H]1C[C@@H]2CN(C(=O)c3cccc(Cl)n3)C[C@@H]2O1. The Hall–Kier alpha value is -1.13. The van der Waals surface area contributed by atoms with Crippen molar-refractivity contribution in [2.24, 2.45) is 5.92 Å². The van der Waals surface area contributed by atoms with E-state index >= 15 is 0 Å². The van der Waals surface area contributed by atoms with Gasteiger partial charge in [-0.15, -0.1) is 0 Å². The molecular weight excluding hydrogens is 252 g/mol. The van der Waals surface area contributed by atoms with E-state index in [0.717, 1.165) is 13.0 Å². The number of carbonyl (C=O) groups is 1. The maximum Gasteiger partial charge on any atom is 0.272 e. The Morgan fingerprint density at radius 1 is 1.50 bits per heavy atom. The average molecular weight is 267 g/mol. The fraction of sp³-hybridized carbons (Fsp3) is 0.538. The summed E-state index contributed by atoms with van der Waals surface area (Å²) >= 11 is 5.80. The van der Waals surface area contributed by atoms with Gasteiger partial charge >= 0.3 is 0 Å². The van der Waals surface area contributed by atoms with Gasteiger partial charge in [0.05, 0.1) is 12.2 Å². The van der Waals surface area contributed by atoms with Crippen molar-refractivity contribution >= 4 is 17.5 Å². The molecule has 0 aromatic carbocycles. The molecular formula is C13H15ClN2O2. The second kappa shape index (κ2) is 4.52. The number of rotatable bonds is 1. The maximum absolute atomic E-state index is 12.3. The number of halogens is 1. The minimum atomic E-state index is -0.0526. The molecule has 0 bridgehead atoms. The molecule has 2 saturated heterocycles. The van der Waals surface area contributed by atoms with Crippen LogP contribution in [0.25, 0.3) is 0 Å². The summed E-state index contributed by atoms with van der Waals surface area (Å²) in [7, 11) is 0. The van der Waals surface area contributed by atoms with E-state index < -0.39 is 0 Å². The fourth-order valence-corrected chi connectivity index (χ4v) is 3.02. The Morgan fingerprint density at radius 3 is 3.06 bits per heavy atom. The van der Waals surface area contributed by atoms with Gasteiger partial charge in [-0.05, 0) is 25.5 Å². The molecule has 0 spiro atoms. The molecule has 3 atom stereocenters. The molecule has 1 amide bonds. The molecule has 0 aliphatic carbocycles. The molecule has 0 radical (unpaired) electrons. The van der Waals surface area contributed by atoms with E-state index in [-0.39, 0.29) is 12.0 Å². The number of hydrogen-bond donors (Lipinski definition) is 0. The van der Waals surface area contributed by atoms with Gasteiger partial charge in [-0.3, -0.25) is 4.79 Å². The van der Waals surface area contributed by atoms with Crippen LogP contribution in [0.4, 0.5) is 0 Å². The fourth-order valence-electron chi connectivity index (χ4n) is 2.86. The molecule has 1 aromatic heterocycles. The summed E-state index contributed by atoms with van der Waals surface area (Å²) < 4.78 is 5.78. The monoisotopic (exact) mass is 266 g/mol. The number of carbonyl (C=O) groups excluding carboxylic acids is 1. The van der Waals surface area contributed by atoms with Gasteiger partial charge in [0.1, 0.15) is 10.8 Å². The van der Waals surface area contributed by atoms with Crippen molar-refractivity contribution in [1.29, 1.82) is 0 Å². The van der Waals surface area contributed by atoms with Gasteiger partial charge < -0.3 is 9.64 Å². The van der Waals surface area contributed by atoms with Crippen molar-refractivity contribution in [2.45, 2.75) is 25.6 Å². The van der Waals surface area contributed by atoms with Crippen LogP contribution in [0.15, 0.2) is 18.2 Å². The number of pyridine rings is 1. The number of hydrogen-bond acceptors (Lipinski definition) is 3. The number of likely N-dealkylation sites (tertiary alicyclic amines) is 1. The predicted molar refractivity (Wildman–Crippen MR) is 67.6 cm³/mol. The summed E-state index contributed by atoms with van der Waals surface area (Å²) in [5, 5.41) is 0.352. The zero-order valence-electron chi connectivity index (χ0n) is 10.2. The largest absolute Gasteiger partial charge is 0.373 e. The molecule has 18 heavy (non-hydrogen) atoms. The van der Waals surface area contributed by atoms with Gasteiger partial charge in [0, 0.05) is 19.0 Å². The lowest BCUT2D eigenvalue weighted by Crippen LogP contribution is -2.31. The summed E-state index contributed by atoms with van der Waals surface area (Å²) in [5.41, 5.74) is 0.413. The lowest BCUT2D eigenvalue weighted by atomic mass is 10.0. The molecule has 0 unspecified atom stereocenters. The van der Waals surface area contributed by atoms with Gasteiger partial charge in [0.15, 0.2) is 0 Å². The normalized spacial score (nSPS) is 30.6. The highest BCUT2D eigenvalue weighted by atomic mass is 35.5. The van der Waals surface area contributed by atoms with Crippen LogP contribution < -0.4 is 0 Å². The van der Waals surface area contributed by atoms with E-state index in [1.165, 1.54) is 0 Å². The molecule has 3 rings (SSSR count). The van der Waals surface area contributed by atoms with Crippen LogP contribution in [0.5, 0.6) is 0 Å². The summed E-state index contributed by atoms with van der Waals surface area (Å²) in [5.74, 6) is 0.422. The predicted octanol–water partition coefficient (Wildman–Crippen LogP) is 1.98. The Bertz CT molecular complexity index is 466. The first-order valence-electron chi connectivity index (χ1n) is 6.21. The van der Waals surface area contributed by atoms with Gasteiger partial charge in [-0.25, -0.2) is 4.98 Å². The summed E-state index contributed by atoms with van der Waals surface area (Å²) in [6.07, 6.45) is 1.56. The van der Waals surface area contributed by atoms with Crippen LogP contribution >= 0.6 is 11.6 Å². The third-order valence-corrected chi connectivity index (χ3v) is 3.85. The molecule has 2 aliphatic rings. The highest BCUT2D eigenvalue weighted by Crippen LogP contribution is 2.33. The number of amides is 1. The van der Waals surface area contributed by atoms with Crippen LogP contribution in [0.2, 0.25) is 5.15 Å². The summed E-state index contributed by atoms with van der Waals surface area (Å²) in [6, 6.07) is 5.12. The van der Waals surface area contributed by atoms with Gasteiger partial charge in [-0.1, -0.05) is 17.7 Å². The highest BCUT2D eigenvalue weighted by Gasteiger charge is 2.42. The Balaban J connectivity index is 1.72. The lowest BCUT2D eigenvalue weighted by molar-refractivity contribution is 0.0441.